The van der Waals surface area contributed by atoms with Crippen LogP contribution in [-0.4, -0.2) is 9.13 Å². The van der Waals surface area contributed by atoms with Crippen molar-refractivity contribution >= 4 is 43.6 Å². The van der Waals surface area contributed by atoms with Crippen molar-refractivity contribution < 1.29 is 4.74 Å². The summed E-state index contributed by atoms with van der Waals surface area (Å²) in [6.45, 7) is 4.21. The van der Waals surface area contributed by atoms with Gasteiger partial charge in [-0.05, 0) is 79.6 Å². The molecule has 0 N–H and O–H groups in total. The molecule has 3 nitrogen and oxygen atoms in total. The highest BCUT2D eigenvalue weighted by Gasteiger charge is 2.34. The van der Waals surface area contributed by atoms with E-state index in [9.17, 15) is 0 Å². The van der Waals surface area contributed by atoms with Crippen LogP contribution < -0.4 is 4.74 Å². The Kier molecular flexibility index (Phi) is 6.84. The second-order valence-electron chi connectivity index (χ2n) is 13.8. The Morgan fingerprint density at radius 2 is 1.15 bits per heavy atom. The first-order valence-corrected chi connectivity index (χ1v) is 18.0. The smallest absolute Gasteiger partial charge is 0.150 e. The van der Waals surface area contributed by atoms with Gasteiger partial charge >= 0.3 is 0 Å². The quantitative estimate of drug-likeness (QED) is 0.171. The molecule has 0 saturated carbocycles. The van der Waals surface area contributed by atoms with Gasteiger partial charge in [-0.2, -0.15) is 0 Å². The molecule has 52 heavy (non-hydrogen) atoms. The van der Waals surface area contributed by atoms with E-state index >= 15 is 0 Å². The first-order chi connectivity index (χ1) is 25.6. The molecule has 3 heteroatoms. The maximum absolute atomic E-state index is 7.14. The number of hydrogen-bond donors (Lipinski definition) is 0. The molecule has 0 bridgehead atoms. The second-order valence-corrected chi connectivity index (χ2v) is 13.8. The summed E-state index contributed by atoms with van der Waals surface area (Å²) in [5.41, 5.74) is 12.0. The first-order valence-electron chi connectivity index (χ1n) is 18.0. The maximum Gasteiger partial charge on any atom is 0.150 e. The number of nitrogens with zero attached hydrogens (tertiary/aromatic N) is 2. The Morgan fingerprint density at radius 1 is 0.500 bits per heavy atom. The highest BCUT2D eigenvalue weighted by molar-refractivity contribution is 6.18. The van der Waals surface area contributed by atoms with E-state index in [1.165, 1.54) is 60.3 Å². The molecule has 0 amide bonds. The topological polar surface area (TPSA) is 19.1 Å². The van der Waals surface area contributed by atoms with Gasteiger partial charge in [0.05, 0.1) is 22.1 Å². The molecule has 10 rings (SSSR count). The van der Waals surface area contributed by atoms with Gasteiger partial charge in [-0.15, -0.1) is 0 Å². The lowest BCUT2D eigenvalue weighted by molar-refractivity contribution is 0.142. The second kappa shape index (κ2) is 11.8. The molecular formula is C49H36N2O. The molecule has 1 atom stereocenters. The van der Waals surface area contributed by atoms with E-state index < -0.39 is 5.60 Å². The van der Waals surface area contributed by atoms with Crippen LogP contribution in [0.15, 0.2) is 182 Å². The molecule has 1 aliphatic heterocycles. The molecule has 7 aromatic carbocycles. The van der Waals surface area contributed by atoms with Crippen LogP contribution in [0.3, 0.4) is 0 Å². The lowest BCUT2D eigenvalue weighted by atomic mass is 9.82. The fourth-order valence-electron chi connectivity index (χ4n) is 8.45. The van der Waals surface area contributed by atoms with E-state index in [2.05, 4.69) is 192 Å². The van der Waals surface area contributed by atoms with E-state index in [4.69, 9.17) is 4.74 Å². The third-order valence-corrected chi connectivity index (χ3v) is 10.7. The van der Waals surface area contributed by atoms with Crippen molar-refractivity contribution in [1.29, 1.82) is 0 Å². The number of fused-ring (bicyclic) bond motifs is 12. The third-order valence-electron chi connectivity index (χ3n) is 10.7. The highest BCUT2D eigenvalue weighted by Crippen LogP contribution is 2.51. The minimum Gasteiger partial charge on any atom is -0.478 e. The van der Waals surface area contributed by atoms with E-state index in [-0.39, 0.29) is 0 Å². The van der Waals surface area contributed by atoms with Crippen LogP contribution >= 0.6 is 0 Å². The van der Waals surface area contributed by atoms with E-state index in [1.807, 2.05) is 13.0 Å². The van der Waals surface area contributed by atoms with Gasteiger partial charge in [0, 0.05) is 49.6 Å². The predicted octanol–water partition coefficient (Wildman–Crippen LogP) is 13.0. The number of ether oxygens (including phenoxy) is 1. The zero-order valence-corrected chi connectivity index (χ0v) is 29.1. The van der Waals surface area contributed by atoms with Gasteiger partial charge in [-0.25, -0.2) is 0 Å². The number of para-hydroxylation sites is 4. The summed E-state index contributed by atoms with van der Waals surface area (Å²) in [5, 5.41) is 4.89. The summed E-state index contributed by atoms with van der Waals surface area (Å²) in [5.74, 6) is 0.858. The van der Waals surface area contributed by atoms with Crippen molar-refractivity contribution in [3.8, 4) is 39.4 Å². The van der Waals surface area contributed by atoms with Crippen LogP contribution in [0.4, 0.5) is 0 Å². The minimum atomic E-state index is -0.691. The van der Waals surface area contributed by atoms with E-state index in [0.717, 1.165) is 28.3 Å². The molecule has 0 radical (unpaired) electrons. The van der Waals surface area contributed by atoms with Crippen LogP contribution in [0, 0.1) is 0 Å². The fraction of sp³-hybridized carbons (Fsp3) is 0.0612. The third kappa shape index (κ3) is 4.46. The van der Waals surface area contributed by atoms with Gasteiger partial charge < -0.3 is 13.9 Å². The molecule has 3 heterocycles. The predicted molar refractivity (Wildman–Crippen MR) is 218 cm³/mol. The summed E-state index contributed by atoms with van der Waals surface area (Å²) < 4.78 is 12.0. The van der Waals surface area contributed by atoms with E-state index in [0.29, 0.717) is 0 Å². The molecule has 0 spiro atoms. The van der Waals surface area contributed by atoms with E-state index in [1.54, 1.807) is 0 Å². The number of hydrogen-bond acceptors (Lipinski definition) is 1. The Bertz CT molecular complexity index is 2900. The normalized spacial score (nSPS) is 15.6. The van der Waals surface area contributed by atoms with Gasteiger partial charge in [0.2, 0.25) is 0 Å². The van der Waals surface area contributed by atoms with Crippen LogP contribution in [0.2, 0.25) is 0 Å². The molecule has 2 aromatic heterocycles. The SMILES string of the molecule is C/C=C\C=C/C1(C)Oc2ccccc2-c2c(ccc3c4ccccc4n(-c4ccc5c(c4)c4ccccc4n5-c4ccccc4)c23)-c2ccccc21. The average molecular weight is 669 g/mol. The van der Waals surface area contributed by atoms with Crippen molar-refractivity contribution in [1.82, 2.24) is 9.13 Å². The van der Waals surface area contributed by atoms with Crippen molar-refractivity contribution in [2.45, 2.75) is 19.4 Å². The van der Waals surface area contributed by atoms with Crippen molar-refractivity contribution in [3.05, 3.63) is 188 Å². The zero-order valence-electron chi connectivity index (χ0n) is 29.1. The Morgan fingerprint density at radius 3 is 1.96 bits per heavy atom. The van der Waals surface area contributed by atoms with Crippen LogP contribution in [-0.2, 0) is 5.60 Å². The molecule has 1 unspecified atom stereocenters. The van der Waals surface area contributed by atoms with Crippen LogP contribution in [0.1, 0.15) is 19.4 Å². The van der Waals surface area contributed by atoms with Gasteiger partial charge in [0.15, 0.2) is 5.60 Å². The number of rotatable bonds is 4. The Hall–Kier alpha value is -6.58. The molecule has 1 aliphatic rings. The molecule has 248 valence electrons. The van der Waals surface area contributed by atoms with Gasteiger partial charge in [0.1, 0.15) is 5.75 Å². The van der Waals surface area contributed by atoms with Crippen molar-refractivity contribution in [2.75, 3.05) is 0 Å². The largest absolute Gasteiger partial charge is 0.478 e. The molecular weight excluding hydrogens is 633 g/mol. The Labute approximate surface area is 303 Å². The fourth-order valence-corrected chi connectivity index (χ4v) is 8.45. The summed E-state index contributed by atoms with van der Waals surface area (Å²) in [7, 11) is 0. The molecule has 0 aliphatic carbocycles. The number of aromatic nitrogens is 2. The lowest BCUT2D eigenvalue weighted by Gasteiger charge is -2.34. The minimum absolute atomic E-state index is 0.691. The summed E-state index contributed by atoms with van der Waals surface area (Å²) in [4.78, 5) is 0. The van der Waals surface area contributed by atoms with Gasteiger partial charge in [-0.1, -0.05) is 127 Å². The van der Waals surface area contributed by atoms with Crippen LogP contribution in [0.5, 0.6) is 5.75 Å². The summed E-state index contributed by atoms with van der Waals surface area (Å²) in [6.07, 6.45) is 8.37. The van der Waals surface area contributed by atoms with Gasteiger partial charge in [0.25, 0.3) is 0 Å². The monoisotopic (exact) mass is 668 g/mol. The number of allylic oxidation sites excluding steroid dienone is 3. The Balaban J connectivity index is 1.33. The van der Waals surface area contributed by atoms with Crippen LogP contribution in [0.25, 0.3) is 77.2 Å². The molecule has 9 aromatic rings. The summed E-state index contributed by atoms with van der Waals surface area (Å²) >= 11 is 0. The van der Waals surface area contributed by atoms with Crippen molar-refractivity contribution in [2.24, 2.45) is 0 Å². The standard InChI is InChI=1S/C49H36N2O/c1-3-4-16-31-49(2)42-23-12-8-19-35(42)38-28-29-39-36-20-9-14-25-44(36)51(48(39)47(38)40-22-11-15-26-46(40)52-49)34-27-30-45-41(32-34)37-21-10-13-24-43(37)50(45)33-17-6-5-7-18-33/h3-32H,1-2H3/b4-3-,31-16-. The average Bonchev–Trinajstić information content (AvgIpc) is 3.70. The molecule has 0 saturated heterocycles. The van der Waals surface area contributed by atoms with Gasteiger partial charge in [-0.3, -0.25) is 0 Å². The van der Waals surface area contributed by atoms with Crippen molar-refractivity contribution in [3.63, 3.8) is 0 Å². The maximum atomic E-state index is 7.14. The zero-order chi connectivity index (χ0) is 34.8. The number of benzene rings is 7. The highest BCUT2D eigenvalue weighted by atomic mass is 16.5. The summed E-state index contributed by atoms with van der Waals surface area (Å²) in [6, 6.07) is 57.1. The molecule has 0 fully saturated rings. The first kappa shape index (κ1) is 30.3. The lowest BCUT2D eigenvalue weighted by Crippen LogP contribution is -2.29.